The highest BCUT2D eigenvalue weighted by Gasteiger charge is 2.48. The second kappa shape index (κ2) is 3.51. The van der Waals surface area contributed by atoms with Crippen LogP contribution in [0.1, 0.15) is 23.4 Å². The predicted molar refractivity (Wildman–Crippen MR) is 50.7 cm³/mol. The Morgan fingerprint density at radius 2 is 2.43 bits per heavy atom. The summed E-state index contributed by atoms with van der Waals surface area (Å²) in [5.74, 6) is -1.55. The molecular weight excluding hydrogens is 182 g/mol. The molecule has 4 nitrogen and oxygen atoms in total. The maximum absolute atomic E-state index is 11.8. The highest BCUT2D eigenvalue weighted by Crippen LogP contribution is 2.38. The molecule has 4 atom stereocenters. The Kier molecular flexibility index (Phi) is 1.71. The van der Waals surface area contributed by atoms with Crippen LogP contribution in [-0.2, 0) is 9.53 Å². The summed E-state index contributed by atoms with van der Waals surface area (Å²) in [6, 6.07) is 0.199. The third-order valence-corrected chi connectivity index (χ3v) is 3.61. The van der Waals surface area contributed by atoms with Gasteiger partial charge in [0, 0.05) is 12.1 Å². The molecule has 0 saturated carbocycles. The number of carbonyl (C=O) groups is 1. The largest absolute Gasteiger partial charge is 0.469 e. The fourth-order valence-electron chi connectivity index (χ4n) is 2.82. The van der Waals surface area contributed by atoms with Crippen molar-refractivity contribution in [3.63, 3.8) is 0 Å². The molecule has 0 amide bonds. The zero-order valence-electron chi connectivity index (χ0n) is 11.1. The number of piperidine rings is 1. The number of aliphatic hydroxyl groups is 1. The third kappa shape index (κ3) is 1.33. The maximum atomic E-state index is 11.8. The first kappa shape index (κ1) is 6.80. The summed E-state index contributed by atoms with van der Waals surface area (Å²) in [5.41, 5.74) is 0. The minimum atomic E-state index is -2.73. The zero-order chi connectivity index (χ0) is 12.8. The number of nitrogens with zero attached hydrogens (tertiary/aromatic N) is 1. The van der Waals surface area contributed by atoms with Crippen LogP contribution in [0, 0.1) is 5.92 Å². The fraction of sp³-hybridized carbons (Fsp3) is 0.900. The molecule has 0 aromatic rings. The second-order valence-corrected chi connectivity index (χ2v) is 4.21. The molecule has 4 heteroatoms. The van der Waals surface area contributed by atoms with Crippen LogP contribution in [0.5, 0.6) is 0 Å². The van der Waals surface area contributed by atoms with Gasteiger partial charge in [-0.2, -0.15) is 0 Å². The molecule has 2 aliphatic rings. The highest BCUT2D eigenvalue weighted by atomic mass is 16.5. The monoisotopic (exact) mass is 202 g/mol. The van der Waals surface area contributed by atoms with E-state index < -0.39 is 25.0 Å². The molecule has 2 heterocycles. The number of aliphatic hydroxyl groups excluding tert-OH is 1. The SMILES string of the molecule is [2H]C([2H])([2H])OC(=O)[C@@H]1[C@H]2CC[C@@H](C[C@@H]1O)N2C. The second-order valence-electron chi connectivity index (χ2n) is 4.21. The molecule has 1 N–H and O–H groups in total. The Bertz CT molecular complexity index is 320. The average molecular weight is 202 g/mol. The van der Waals surface area contributed by atoms with Gasteiger partial charge in [-0.25, -0.2) is 0 Å². The van der Waals surface area contributed by atoms with Crippen LogP contribution in [0.3, 0.4) is 0 Å². The van der Waals surface area contributed by atoms with E-state index in [1.165, 1.54) is 0 Å². The lowest BCUT2D eigenvalue weighted by atomic mass is 9.88. The van der Waals surface area contributed by atoms with Crippen LogP contribution in [0.15, 0.2) is 0 Å². The first-order chi connectivity index (χ1) is 7.79. The van der Waals surface area contributed by atoms with Gasteiger partial charge >= 0.3 is 5.97 Å². The molecule has 2 aliphatic heterocycles. The zero-order valence-corrected chi connectivity index (χ0v) is 8.14. The third-order valence-electron chi connectivity index (χ3n) is 3.61. The normalized spacial score (nSPS) is 46.6. The van der Waals surface area contributed by atoms with E-state index in [0.29, 0.717) is 12.5 Å². The lowest BCUT2D eigenvalue weighted by molar-refractivity contribution is -0.155. The number of fused-ring (bicyclic) bond motifs is 2. The summed E-state index contributed by atoms with van der Waals surface area (Å²) >= 11 is 0. The van der Waals surface area contributed by atoms with E-state index in [2.05, 4.69) is 9.64 Å². The number of ether oxygens (including phenoxy) is 1. The molecule has 14 heavy (non-hydrogen) atoms. The van der Waals surface area contributed by atoms with Gasteiger partial charge in [-0.15, -0.1) is 0 Å². The van der Waals surface area contributed by atoms with Crippen molar-refractivity contribution in [2.24, 2.45) is 5.92 Å². The van der Waals surface area contributed by atoms with Crippen LogP contribution < -0.4 is 0 Å². The Hall–Kier alpha value is -0.610. The molecule has 0 aromatic heterocycles. The van der Waals surface area contributed by atoms with Crippen molar-refractivity contribution in [2.45, 2.75) is 37.5 Å². The predicted octanol–water partition coefficient (Wildman–Crippen LogP) is 0.00300. The number of hydrogen-bond donors (Lipinski definition) is 1. The van der Waals surface area contributed by atoms with Gasteiger partial charge in [0.2, 0.25) is 0 Å². The number of rotatable bonds is 1. The van der Waals surface area contributed by atoms with Crippen molar-refractivity contribution in [1.29, 1.82) is 0 Å². The molecule has 0 aromatic carbocycles. The summed E-state index contributed by atoms with van der Waals surface area (Å²) in [6.07, 6.45) is 1.46. The Balaban J connectivity index is 2.11. The van der Waals surface area contributed by atoms with Gasteiger partial charge in [0.15, 0.2) is 0 Å². The lowest BCUT2D eigenvalue weighted by Crippen LogP contribution is -2.52. The Morgan fingerprint density at radius 1 is 1.64 bits per heavy atom. The molecule has 80 valence electrons. The van der Waals surface area contributed by atoms with Crippen LogP contribution in [0.25, 0.3) is 0 Å². The van der Waals surface area contributed by atoms with Crippen molar-refractivity contribution < 1.29 is 18.8 Å². The van der Waals surface area contributed by atoms with E-state index in [-0.39, 0.29) is 6.04 Å². The summed E-state index contributed by atoms with van der Waals surface area (Å²) in [7, 11) is -0.825. The van der Waals surface area contributed by atoms with E-state index in [0.717, 1.165) is 12.8 Å². The summed E-state index contributed by atoms with van der Waals surface area (Å²) in [6.45, 7) is 0. The van der Waals surface area contributed by atoms with Gasteiger partial charge in [-0.1, -0.05) is 0 Å². The van der Waals surface area contributed by atoms with Gasteiger partial charge in [-0.3, -0.25) is 9.69 Å². The van der Waals surface area contributed by atoms with Crippen molar-refractivity contribution in [2.75, 3.05) is 14.1 Å². The number of esters is 1. The Morgan fingerprint density at radius 3 is 3.14 bits per heavy atom. The van der Waals surface area contributed by atoms with E-state index in [9.17, 15) is 9.90 Å². The first-order valence-corrected chi connectivity index (χ1v) is 4.92. The van der Waals surface area contributed by atoms with E-state index in [1.54, 1.807) is 0 Å². The molecule has 2 saturated heterocycles. The summed E-state index contributed by atoms with van der Waals surface area (Å²) in [5, 5.41) is 9.92. The van der Waals surface area contributed by atoms with Crippen LogP contribution >= 0.6 is 0 Å². The molecule has 2 bridgehead atoms. The van der Waals surface area contributed by atoms with Gasteiger partial charge in [0.1, 0.15) is 0 Å². The van der Waals surface area contributed by atoms with Crippen LogP contribution in [0.2, 0.25) is 0 Å². The maximum Gasteiger partial charge on any atom is 0.312 e. The van der Waals surface area contributed by atoms with Crippen molar-refractivity contribution in [3.8, 4) is 0 Å². The number of carbonyl (C=O) groups excluding carboxylic acids is 1. The first-order valence-electron chi connectivity index (χ1n) is 6.42. The fourth-order valence-corrected chi connectivity index (χ4v) is 2.82. The molecule has 2 rings (SSSR count). The quantitative estimate of drug-likeness (QED) is 0.608. The molecule has 0 radical (unpaired) electrons. The summed E-state index contributed by atoms with van der Waals surface area (Å²) < 4.78 is 25.2. The number of hydrogen-bond acceptors (Lipinski definition) is 4. The Labute approximate surface area is 88.1 Å². The van der Waals surface area contributed by atoms with E-state index >= 15 is 0 Å². The van der Waals surface area contributed by atoms with E-state index in [4.69, 9.17) is 4.11 Å². The van der Waals surface area contributed by atoms with Gasteiger partial charge in [0.25, 0.3) is 0 Å². The average Bonchev–Trinajstić information content (AvgIpc) is 2.43. The van der Waals surface area contributed by atoms with Crippen LogP contribution in [-0.4, -0.2) is 48.2 Å². The molecular formula is C10H17NO3. The van der Waals surface area contributed by atoms with Gasteiger partial charge in [0.05, 0.1) is 23.2 Å². The van der Waals surface area contributed by atoms with Crippen molar-refractivity contribution >= 4 is 5.97 Å². The van der Waals surface area contributed by atoms with Crippen molar-refractivity contribution in [1.82, 2.24) is 4.90 Å². The van der Waals surface area contributed by atoms with Crippen molar-refractivity contribution in [3.05, 3.63) is 0 Å². The van der Waals surface area contributed by atoms with Gasteiger partial charge in [-0.05, 0) is 26.3 Å². The van der Waals surface area contributed by atoms with Crippen LogP contribution in [0.4, 0.5) is 0 Å². The van der Waals surface area contributed by atoms with Gasteiger partial charge < -0.3 is 9.84 Å². The minimum Gasteiger partial charge on any atom is -0.469 e. The van der Waals surface area contributed by atoms with E-state index in [1.807, 2.05) is 7.05 Å². The minimum absolute atomic E-state index is 0.0985. The number of methoxy groups -OCH3 is 1. The molecule has 0 aliphatic carbocycles. The smallest absolute Gasteiger partial charge is 0.312 e. The molecule has 0 unspecified atom stereocenters. The standard InChI is InChI=1S/C10H17NO3/c1-11-6-3-4-7(11)9(8(12)5-6)10(13)14-2/h6-9,12H,3-5H2,1-2H3/t6-,7+,8-,9+/m0/s1/i2D3. The molecule has 2 fully saturated rings. The highest BCUT2D eigenvalue weighted by molar-refractivity contribution is 5.74. The molecule has 0 spiro atoms. The summed E-state index contributed by atoms with van der Waals surface area (Å²) in [4.78, 5) is 13.8. The topological polar surface area (TPSA) is 49.8 Å². The lowest BCUT2D eigenvalue weighted by Gasteiger charge is -2.39.